The van der Waals surface area contributed by atoms with Gasteiger partial charge in [0.05, 0.1) is 22.4 Å². The Hall–Kier alpha value is -1.59. The minimum absolute atomic E-state index is 0.688. The summed E-state index contributed by atoms with van der Waals surface area (Å²) < 4.78 is 2.86. The van der Waals surface area contributed by atoms with Crippen molar-refractivity contribution in [1.29, 1.82) is 0 Å². The highest BCUT2D eigenvalue weighted by molar-refractivity contribution is 9.10. The quantitative estimate of drug-likeness (QED) is 0.777. The van der Waals surface area contributed by atoms with Crippen LogP contribution in [0, 0.1) is 0 Å². The minimum Gasteiger partial charge on any atom is -0.396 e. The summed E-state index contributed by atoms with van der Waals surface area (Å²) in [6.07, 6.45) is 1.85. The van der Waals surface area contributed by atoms with E-state index in [2.05, 4.69) is 21.0 Å². The number of para-hydroxylation sites is 1. The number of thiophene rings is 1. The zero-order valence-corrected chi connectivity index (χ0v) is 11.8. The van der Waals surface area contributed by atoms with E-state index in [-0.39, 0.29) is 0 Å². The highest BCUT2D eigenvalue weighted by Crippen LogP contribution is 2.32. The van der Waals surface area contributed by atoms with Crippen LogP contribution < -0.4 is 5.73 Å². The molecule has 0 radical (unpaired) electrons. The van der Waals surface area contributed by atoms with Gasteiger partial charge >= 0.3 is 0 Å². The summed E-state index contributed by atoms with van der Waals surface area (Å²) in [5, 5.41) is 6.57. The molecule has 3 aromatic rings. The van der Waals surface area contributed by atoms with Crippen molar-refractivity contribution in [2.24, 2.45) is 0 Å². The van der Waals surface area contributed by atoms with E-state index in [4.69, 9.17) is 5.73 Å². The van der Waals surface area contributed by atoms with Gasteiger partial charge in [0.2, 0.25) is 0 Å². The van der Waals surface area contributed by atoms with Crippen LogP contribution in [0.15, 0.2) is 52.4 Å². The van der Waals surface area contributed by atoms with Crippen LogP contribution in [0.5, 0.6) is 0 Å². The Labute approximate surface area is 117 Å². The van der Waals surface area contributed by atoms with Gasteiger partial charge in [-0.2, -0.15) is 5.10 Å². The first kappa shape index (κ1) is 11.5. The van der Waals surface area contributed by atoms with Crippen molar-refractivity contribution in [3.05, 3.63) is 52.4 Å². The fourth-order valence-electron chi connectivity index (χ4n) is 1.73. The summed E-state index contributed by atoms with van der Waals surface area (Å²) in [6, 6.07) is 12.0. The third-order valence-corrected chi connectivity index (χ3v) is 4.26. The average Bonchev–Trinajstić information content (AvgIpc) is 2.97. The van der Waals surface area contributed by atoms with E-state index in [1.807, 2.05) is 48.0 Å². The molecule has 0 saturated heterocycles. The lowest BCUT2D eigenvalue weighted by atomic mass is 10.3. The van der Waals surface area contributed by atoms with Crippen LogP contribution in [0.25, 0.3) is 16.3 Å². The number of nitrogens with two attached hydrogens (primary N) is 1. The summed E-state index contributed by atoms with van der Waals surface area (Å²) in [5.41, 5.74) is 8.55. The van der Waals surface area contributed by atoms with E-state index >= 15 is 0 Å². The molecule has 18 heavy (non-hydrogen) atoms. The van der Waals surface area contributed by atoms with Crippen LogP contribution in [0.4, 0.5) is 5.69 Å². The fourth-order valence-corrected chi connectivity index (χ4v) is 3.16. The van der Waals surface area contributed by atoms with Crippen molar-refractivity contribution in [2.45, 2.75) is 0 Å². The summed E-state index contributed by atoms with van der Waals surface area (Å²) in [6.45, 7) is 0. The van der Waals surface area contributed by atoms with Crippen LogP contribution in [0.3, 0.4) is 0 Å². The first-order valence-corrected chi connectivity index (χ1v) is 7.06. The Morgan fingerprint density at radius 2 is 2.00 bits per heavy atom. The maximum Gasteiger partial charge on any atom is 0.126 e. The summed E-state index contributed by atoms with van der Waals surface area (Å²) in [5.74, 6) is 0. The highest BCUT2D eigenvalue weighted by atomic mass is 79.9. The summed E-state index contributed by atoms with van der Waals surface area (Å²) in [4.78, 5) is 1.06. The maximum atomic E-state index is 6.03. The average molecular weight is 320 g/mol. The monoisotopic (exact) mass is 319 g/mol. The number of nitrogens with zero attached hydrogens (tertiary/aromatic N) is 2. The molecule has 3 rings (SSSR count). The van der Waals surface area contributed by atoms with Gasteiger partial charge in [-0.25, -0.2) is 4.68 Å². The van der Waals surface area contributed by atoms with Crippen molar-refractivity contribution >= 4 is 33.0 Å². The number of benzene rings is 1. The van der Waals surface area contributed by atoms with Gasteiger partial charge in [-0.1, -0.05) is 18.2 Å². The molecule has 0 aliphatic heterocycles. The Morgan fingerprint density at radius 3 is 2.67 bits per heavy atom. The zero-order chi connectivity index (χ0) is 12.5. The molecule has 2 N–H and O–H groups in total. The highest BCUT2D eigenvalue weighted by Gasteiger charge is 2.11. The molecule has 3 nitrogen and oxygen atoms in total. The van der Waals surface area contributed by atoms with Crippen LogP contribution in [-0.4, -0.2) is 9.78 Å². The minimum atomic E-state index is 0.688. The molecule has 1 aromatic carbocycles. The molecule has 0 aliphatic carbocycles. The van der Waals surface area contributed by atoms with Gasteiger partial charge in [0.25, 0.3) is 0 Å². The van der Waals surface area contributed by atoms with Crippen LogP contribution in [-0.2, 0) is 0 Å². The summed E-state index contributed by atoms with van der Waals surface area (Å²) in [7, 11) is 0. The van der Waals surface area contributed by atoms with Crippen LogP contribution in [0.1, 0.15) is 0 Å². The second-order valence-electron chi connectivity index (χ2n) is 3.84. The lowest BCUT2D eigenvalue weighted by Crippen LogP contribution is -1.93. The number of rotatable bonds is 2. The molecule has 0 saturated carbocycles. The molecule has 2 heterocycles. The number of halogens is 1. The van der Waals surface area contributed by atoms with Crippen molar-refractivity contribution in [3.8, 4) is 16.3 Å². The van der Waals surface area contributed by atoms with Gasteiger partial charge in [-0.3, -0.25) is 0 Å². The molecule has 2 aromatic heterocycles. The number of aromatic nitrogens is 2. The molecule has 5 heteroatoms. The third-order valence-electron chi connectivity index (χ3n) is 2.56. The predicted molar refractivity (Wildman–Crippen MR) is 79.0 cm³/mol. The Balaban J connectivity index is 2.06. The molecule has 0 aliphatic rings. The standard InChI is InChI=1S/C13H10BrN3S/c14-9-6-12(18-8-9)13-11(15)7-17(16-13)10-4-2-1-3-5-10/h1-8H,15H2. The molecule has 90 valence electrons. The van der Waals surface area contributed by atoms with Crippen molar-refractivity contribution in [1.82, 2.24) is 9.78 Å². The smallest absolute Gasteiger partial charge is 0.126 e. The van der Waals surface area contributed by atoms with Gasteiger partial charge < -0.3 is 5.73 Å². The Bertz CT molecular complexity index is 673. The first-order chi connectivity index (χ1) is 8.74. The van der Waals surface area contributed by atoms with E-state index in [0.29, 0.717) is 5.69 Å². The van der Waals surface area contributed by atoms with Gasteiger partial charge in [0.1, 0.15) is 5.69 Å². The molecule has 0 amide bonds. The van der Waals surface area contributed by atoms with Crippen molar-refractivity contribution in [2.75, 3.05) is 5.73 Å². The van der Waals surface area contributed by atoms with Gasteiger partial charge in [-0.15, -0.1) is 11.3 Å². The van der Waals surface area contributed by atoms with E-state index in [9.17, 15) is 0 Å². The second-order valence-corrected chi connectivity index (χ2v) is 5.67. The SMILES string of the molecule is Nc1cn(-c2ccccc2)nc1-c1cc(Br)cs1. The van der Waals surface area contributed by atoms with Crippen molar-refractivity contribution in [3.63, 3.8) is 0 Å². The van der Waals surface area contributed by atoms with Crippen LogP contribution in [0.2, 0.25) is 0 Å². The van der Waals surface area contributed by atoms with Gasteiger partial charge in [0.15, 0.2) is 0 Å². The number of anilines is 1. The van der Waals surface area contributed by atoms with Gasteiger partial charge in [-0.05, 0) is 34.1 Å². The molecule has 0 bridgehead atoms. The summed E-state index contributed by atoms with van der Waals surface area (Å²) >= 11 is 5.06. The van der Waals surface area contributed by atoms with Gasteiger partial charge in [0, 0.05) is 9.85 Å². The normalized spacial score (nSPS) is 10.7. The number of hydrogen-bond donors (Lipinski definition) is 1. The maximum absolute atomic E-state index is 6.03. The van der Waals surface area contributed by atoms with Crippen LogP contribution >= 0.6 is 27.3 Å². The second kappa shape index (κ2) is 4.59. The molecule has 0 fully saturated rings. The largest absolute Gasteiger partial charge is 0.396 e. The molecule has 0 unspecified atom stereocenters. The Kier molecular flexibility index (Phi) is 2.93. The fraction of sp³-hybridized carbons (Fsp3) is 0. The van der Waals surface area contributed by atoms with E-state index in [1.165, 1.54) is 0 Å². The first-order valence-electron chi connectivity index (χ1n) is 5.39. The number of nitrogen functional groups attached to an aromatic ring is 1. The third kappa shape index (κ3) is 2.07. The zero-order valence-electron chi connectivity index (χ0n) is 9.38. The van der Waals surface area contributed by atoms with E-state index < -0.39 is 0 Å². The van der Waals surface area contributed by atoms with E-state index in [0.717, 1.165) is 20.7 Å². The molecular weight excluding hydrogens is 310 g/mol. The Morgan fingerprint density at radius 1 is 1.22 bits per heavy atom. The predicted octanol–water partition coefficient (Wildman–Crippen LogP) is 3.95. The lowest BCUT2D eigenvalue weighted by Gasteiger charge is -1.98. The van der Waals surface area contributed by atoms with E-state index in [1.54, 1.807) is 16.0 Å². The van der Waals surface area contributed by atoms with Crippen molar-refractivity contribution < 1.29 is 0 Å². The lowest BCUT2D eigenvalue weighted by molar-refractivity contribution is 0.885. The molecular formula is C13H10BrN3S. The molecule has 0 atom stereocenters. The topological polar surface area (TPSA) is 43.8 Å². The molecule has 0 spiro atoms. The number of hydrogen-bond acceptors (Lipinski definition) is 3.